The summed E-state index contributed by atoms with van der Waals surface area (Å²) in [6.45, 7) is 0. The lowest BCUT2D eigenvalue weighted by Gasteiger charge is -2.03. The molecule has 0 amide bonds. The molecule has 0 bridgehead atoms. The lowest BCUT2D eigenvalue weighted by Crippen LogP contribution is -2.05. The van der Waals surface area contributed by atoms with Crippen molar-refractivity contribution in [3.05, 3.63) is 59.4 Å². The van der Waals surface area contributed by atoms with Gasteiger partial charge in [0.25, 0.3) is 0 Å². The summed E-state index contributed by atoms with van der Waals surface area (Å²) in [6, 6.07) is 11.3. The number of nitrogens with zero attached hydrogens (tertiary/aromatic N) is 1. The van der Waals surface area contributed by atoms with Crippen LogP contribution in [-0.2, 0) is 15.6 Å². The van der Waals surface area contributed by atoms with Crippen molar-refractivity contribution in [2.45, 2.75) is 10.6 Å². The molecule has 1 aromatic heterocycles. The van der Waals surface area contributed by atoms with E-state index in [-0.39, 0.29) is 10.6 Å². The van der Waals surface area contributed by atoms with Crippen LogP contribution in [0, 0.1) is 0 Å². The first kappa shape index (κ1) is 12.1. The Morgan fingerprint density at radius 3 is 2.35 bits per heavy atom. The molecule has 0 aliphatic heterocycles. The van der Waals surface area contributed by atoms with E-state index in [9.17, 15) is 8.42 Å². The number of sulfone groups is 1. The predicted octanol–water partition coefficient (Wildman–Crippen LogP) is 2.71. The molecule has 88 valence electrons. The van der Waals surface area contributed by atoms with Gasteiger partial charge in [-0.25, -0.2) is 8.42 Å². The number of hydrogen-bond donors (Lipinski definition) is 0. The highest BCUT2D eigenvalue weighted by atomic mass is 35.5. The van der Waals surface area contributed by atoms with Gasteiger partial charge in [0.1, 0.15) is 0 Å². The number of hydrogen-bond acceptors (Lipinski definition) is 3. The topological polar surface area (TPSA) is 47.0 Å². The maximum atomic E-state index is 12.0. The van der Waals surface area contributed by atoms with E-state index in [1.165, 1.54) is 12.1 Å². The van der Waals surface area contributed by atoms with Crippen LogP contribution in [0.4, 0.5) is 0 Å². The zero-order valence-electron chi connectivity index (χ0n) is 8.88. The summed E-state index contributed by atoms with van der Waals surface area (Å²) >= 11 is 5.71. The van der Waals surface area contributed by atoms with Crippen molar-refractivity contribution in [1.29, 1.82) is 0 Å². The second-order valence-corrected chi connectivity index (χ2v) is 5.96. The van der Waals surface area contributed by atoms with Crippen molar-refractivity contribution in [3.63, 3.8) is 0 Å². The molecule has 2 aromatic rings. The lowest BCUT2D eigenvalue weighted by molar-refractivity contribution is 0.594. The second-order valence-electron chi connectivity index (χ2n) is 3.53. The van der Waals surface area contributed by atoms with Crippen molar-refractivity contribution >= 4 is 21.4 Å². The third kappa shape index (κ3) is 3.05. The summed E-state index contributed by atoms with van der Waals surface area (Å²) < 4.78 is 24.1. The van der Waals surface area contributed by atoms with Gasteiger partial charge in [-0.2, -0.15) is 0 Å². The molecule has 1 heterocycles. The summed E-state index contributed by atoms with van der Waals surface area (Å²) in [7, 11) is -3.35. The number of pyridine rings is 1. The minimum Gasteiger partial charge on any atom is -0.260 e. The Kier molecular flexibility index (Phi) is 3.45. The van der Waals surface area contributed by atoms with Crippen molar-refractivity contribution in [1.82, 2.24) is 4.98 Å². The summed E-state index contributed by atoms with van der Waals surface area (Å²) in [5.41, 5.74) is 0.530. The van der Waals surface area contributed by atoms with Crippen LogP contribution in [0.15, 0.2) is 53.6 Å². The van der Waals surface area contributed by atoms with Gasteiger partial charge in [-0.3, -0.25) is 4.98 Å². The van der Waals surface area contributed by atoms with E-state index in [0.29, 0.717) is 10.7 Å². The first-order valence-electron chi connectivity index (χ1n) is 4.96. The molecule has 17 heavy (non-hydrogen) atoms. The number of aromatic nitrogens is 1. The van der Waals surface area contributed by atoms with Gasteiger partial charge in [0, 0.05) is 11.2 Å². The monoisotopic (exact) mass is 267 g/mol. The summed E-state index contributed by atoms with van der Waals surface area (Å²) in [4.78, 5) is 4.26. The lowest BCUT2D eigenvalue weighted by atomic mass is 10.4. The van der Waals surface area contributed by atoms with E-state index in [0.717, 1.165) is 0 Å². The number of rotatable bonds is 3. The fourth-order valence-electron chi connectivity index (χ4n) is 1.40. The minimum atomic E-state index is -3.35. The average Bonchev–Trinajstić information content (AvgIpc) is 2.30. The van der Waals surface area contributed by atoms with E-state index in [4.69, 9.17) is 11.6 Å². The summed E-state index contributed by atoms with van der Waals surface area (Å²) in [5.74, 6) is -0.102. The predicted molar refractivity (Wildman–Crippen MR) is 66.6 cm³/mol. The zero-order valence-corrected chi connectivity index (χ0v) is 10.4. The van der Waals surface area contributed by atoms with Gasteiger partial charge in [-0.05, 0) is 36.4 Å². The largest absolute Gasteiger partial charge is 0.260 e. The van der Waals surface area contributed by atoms with Crippen LogP contribution in [0.1, 0.15) is 5.69 Å². The highest BCUT2D eigenvalue weighted by Crippen LogP contribution is 2.17. The van der Waals surface area contributed by atoms with Crippen LogP contribution >= 0.6 is 11.6 Å². The Labute approximate surface area is 105 Å². The molecular weight excluding hydrogens is 258 g/mol. The Hall–Kier alpha value is -1.39. The smallest absolute Gasteiger partial charge is 0.184 e. The van der Waals surface area contributed by atoms with Crippen molar-refractivity contribution < 1.29 is 8.42 Å². The highest BCUT2D eigenvalue weighted by molar-refractivity contribution is 7.90. The van der Waals surface area contributed by atoms with Crippen LogP contribution in [0.5, 0.6) is 0 Å². The molecule has 0 saturated heterocycles. The molecule has 0 aliphatic carbocycles. The van der Waals surface area contributed by atoms with Gasteiger partial charge in [0.15, 0.2) is 9.84 Å². The molecular formula is C12H10ClNO2S. The van der Waals surface area contributed by atoms with Gasteiger partial charge in [0.2, 0.25) is 0 Å². The van der Waals surface area contributed by atoms with Crippen molar-refractivity contribution in [3.8, 4) is 0 Å². The fraction of sp³-hybridized carbons (Fsp3) is 0.0833. The molecule has 2 rings (SSSR count). The molecule has 0 spiro atoms. The van der Waals surface area contributed by atoms with Crippen molar-refractivity contribution in [2.24, 2.45) is 0 Å². The van der Waals surface area contributed by atoms with Crippen LogP contribution in [0.25, 0.3) is 0 Å². The fourth-order valence-corrected chi connectivity index (χ4v) is 2.81. The second kappa shape index (κ2) is 4.85. The molecule has 1 aromatic carbocycles. The Morgan fingerprint density at radius 2 is 1.76 bits per heavy atom. The summed E-state index contributed by atoms with van der Waals surface area (Å²) in [6.07, 6.45) is 1.58. The molecule has 3 nitrogen and oxygen atoms in total. The van der Waals surface area contributed by atoms with Gasteiger partial charge < -0.3 is 0 Å². The standard InChI is InChI=1S/C12H10ClNO2S/c13-10-4-6-12(7-5-10)17(15,16)9-11-3-1-2-8-14-11/h1-8H,9H2. The summed E-state index contributed by atoms with van der Waals surface area (Å²) in [5, 5.41) is 0.516. The third-order valence-corrected chi connectivity index (χ3v) is 4.15. The minimum absolute atomic E-state index is 0.102. The first-order chi connectivity index (χ1) is 8.08. The van der Waals surface area contributed by atoms with E-state index < -0.39 is 9.84 Å². The maximum absolute atomic E-state index is 12.0. The molecule has 0 unspecified atom stereocenters. The van der Waals surface area contributed by atoms with Crippen LogP contribution in [-0.4, -0.2) is 13.4 Å². The van der Waals surface area contributed by atoms with E-state index in [1.807, 2.05) is 0 Å². The van der Waals surface area contributed by atoms with E-state index in [2.05, 4.69) is 4.98 Å². The van der Waals surface area contributed by atoms with Gasteiger partial charge in [-0.15, -0.1) is 0 Å². The SMILES string of the molecule is O=S(=O)(Cc1ccccn1)c1ccc(Cl)cc1. The Bertz CT molecular complexity index is 594. The quantitative estimate of drug-likeness (QED) is 0.859. The number of halogens is 1. The van der Waals surface area contributed by atoms with Crippen LogP contribution in [0.3, 0.4) is 0 Å². The maximum Gasteiger partial charge on any atom is 0.184 e. The third-order valence-electron chi connectivity index (χ3n) is 2.24. The van der Waals surface area contributed by atoms with Gasteiger partial charge in [-0.1, -0.05) is 17.7 Å². The van der Waals surface area contributed by atoms with Crippen LogP contribution < -0.4 is 0 Å². The van der Waals surface area contributed by atoms with Gasteiger partial charge >= 0.3 is 0 Å². The Morgan fingerprint density at radius 1 is 1.06 bits per heavy atom. The zero-order chi connectivity index (χ0) is 12.3. The van der Waals surface area contributed by atoms with E-state index in [1.54, 1.807) is 36.5 Å². The molecule has 0 saturated carbocycles. The van der Waals surface area contributed by atoms with E-state index >= 15 is 0 Å². The molecule has 5 heteroatoms. The Balaban J connectivity index is 2.29. The molecule has 0 aliphatic rings. The molecule has 0 atom stereocenters. The normalized spacial score (nSPS) is 11.4. The molecule has 0 radical (unpaired) electrons. The van der Waals surface area contributed by atoms with Crippen molar-refractivity contribution in [2.75, 3.05) is 0 Å². The molecule has 0 N–H and O–H groups in total. The number of benzene rings is 1. The molecule has 0 fully saturated rings. The van der Waals surface area contributed by atoms with Gasteiger partial charge in [0.05, 0.1) is 16.3 Å². The van der Waals surface area contributed by atoms with Crippen LogP contribution in [0.2, 0.25) is 5.02 Å². The highest BCUT2D eigenvalue weighted by Gasteiger charge is 2.15. The average molecular weight is 268 g/mol. The first-order valence-corrected chi connectivity index (χ1v) is 6.99.